The van der Waals surface area contributed by atoms with Crippen molar-refractivity contribution in [3.8, 4) is 0 Å². The lowest BCUT2D eigenvalue weighted by atomic mass is 10.0. The fourth-order valence-corrected chi connectivity index (χ4v) is 2.65. The van der Waals surface area contributed by atoms with Crippen molar-refractivity contribution in [3.63, 3.8) is 0 Å². The monoisotopic (exact) mass is 300 g/mol. The first-order valence-corrected chi connectivity index (χ1v) is 7.78. The second kappa shape index (κ2) is 5.93. The summed E-state index contributed by atoms with van der Waals surface area (Å²) in [7, 11) is 1.89. The van der Waals surface area contributed by atoms with Gasteiger partial charge in [0.15, 0.2) is 6.54 Å². The minimum Gasteiger partial charge on any atom is -0.360 e. The SMILES string of the molecule is C[C@H](C(=O)c1c[nH]c2ccccc12)[NH+](C)CC(=O)NC1CC1. The summed E-state index contributed by atoms with van der Waals surface area (Å²) in [5.41, 5.74) is 1.66. The first-order valence-electron chi connectivity index (χ1n) is 7.78. The number of amides is 1. The van der Waals surface area contributed by atoms with Crippen LogP contribution in [0.3, 0.4) is 0 Å². The van der Waals surface area contributed by atoms with Gasteiger partial charge in [-0.05, 0) is 25.8 Å². The Morgan fingerprint density at radius 3 is 2.82 bits per heavy atom. The van der Waals surface area contributed by atoms with Crippen LogP contribution in [0.5, 0.6) is 0 Å². The van der Waals surface area contributed by atoms with Gasteiger partial charge in [-0.2, -0.15) is 0 Å². The largest absolute Gasteiger partial charge is 0.360 e. The Morgan fingerprint density at radius 1 is 1.36 bits per heavy atom. The van der Waals surface area contributed by atoms with Crippen LogP contribution in [0.2, 0.25) is 0 Å². The number of likely N-dealkylation sites (N-methyl/N-ethyl adjacent to an activating group) is 1. The summed E-state index contributed by atoms with van der Waals surface area (Å²) >= 11 is 0. The molecule has 116 valence electrons. The Morgan fingerprint density at radius 2 is 2.09 bits per heavy atom. The lowest BCUT2D eigenvalue weighted by molar-refractivity contribution is -0.885. The van der Waals surface area contributed by atoms with E-state index in [1.165, 1.54) is 0 Å². The fraction of sp³-hybridized carbons (Fsp3) is 0.412. The predicted octanol–water partition coefficient (Wildman–Crippen LogP) is 0.532. The van der Waals surface area contributed by atoms with Gasteiger partial charge in [-0.15, -0.1) is 0 Å². The first kappa shape index (κ1) is 14.8. The van der Waals surface area contributed by atoms with Gasteiger partial charge < -0.3 is 15.2 Å². The summed E-state index contributed by atoms with van der Waals surface area (Å²) in [5, 5.41) is 3.91. The van der Waals surface area contributed by atoms with Crippen molar-refractivity contribution >= 4 is 22.6 Å². The number of para-hydroxylation sites is 1. The molecule has 0 spiro atoms. The second-order valence-corrected chi connectivity index (χ2v) is 6.20. The van der Waals surface area contributed by atoms with Gasteiger partial charge in [0.2, 0.25) is 5.78 Å². The molecule has 2 atom stereocenters. The number of aromatic amines is 1. The third kappa shape index (κ3) is 3.04. The van der Waals surface area contributed by atoms with Gasteiger partial charge in [-0.1, -0.05) is 18.2 Å². The van der Waals surface area contributed by atoms with E-state index in [2.05, 4.69) is 10.3 Å². The van der Waals surface area contributed by atoms with Gasteiger partial charge in [-0.25, -0.2) is 0 Å². The Bertz CT molecular complexity index is 703. The molecule has 0 radical (unpaired) electrons. The van der Waals surface area contributed by atoms with E-state index in [1.54, 1.807) is 6.20 Å². The van der Waals surface area contributed by atoms with E-state index in [4.69, 9.17) is 0 Å². The van der Waals surface area contributed by atoms with Crippen molar-refractivity contribution in [1.29, 1.82) is 0 Å². The van der Waals surface area contributed by atoms with Crippen LogP contribution in [0.25, 0.3) is 10.9 Å². The highest BCUT2D eigenvalue weighted by molar-refractivity contribution is 6.09. The molecular weight excluding hydrogens is 278 g/mol. The highest BCUT2D eigenvalue weighted by Crippen LogP contribution is 2.19. The molecule has 1 aliphatic carbocycles. The zero-order valence-corrected chi connectivity index (χ0v) is 13.0. The average Bonchev–Trinajstić information content (AvgIpc) is 3.21. The lowest BCUT2D eigenvalue weighted by Crippen LogP contribution is -3.14. The van der Waals surface area contributed by atoms with Gasteiger partial charge in [0.1, 0.15) is 6.04 Å². The van der Waals surface area contributed by atoms with Crippen LogP contribution < -0.4 is 10.2 Å². The zero-order chi connectivity index (χ0) is 15.7. The fourth-order valence-electron chi connectivity index (χ4n) is 2.65. The third-order valence-corrected chi connectivity index (χ3v) is 4.37. The summed E-state index contributed by atoms with van der Waals surface area (Å²) in [6.07, 6.45) is 3.92. The number of H-pyrrole nitrogens is 1. The van der Waals surface area contributed by atoms with Crippen molar-refractivity contribution in [2.45, 2.75) is 31.8 Å². The molecular formula is C17H22N3O2+. The van der Waals surface area contributed by atoms with E-state index in [-0.39, 0.29) is 17.7 Å². The molecule has 1 heterocycles. The molecule has 1 aromatic heterocycles. The highest BCUT2D eigenvalue weighted by atomic mass is 16.2. The van der Waals surface area contributed by atoms with E-state index < -0.39 is 0 Å². The molecule has 5 heteroatoms. The van der Waals surface area contributed by atoms with Crippen LogP contribution in [0, 0.1) is 0 Å². The van der Waals surface area contributed by atoms with E-state index in [0.717, 1.165) is 28.6 Å². The Balaban J connectivity index is 1.69. The molecule has 1 saturated carbocycles. The molecule has 3 rings (SSSR count). The van der Waals surface area contributed by atoms with Crippen molar-refractivity contribution in [2.24, 2.45) is 0 Å². The minimum atomic E-state index is -0.260. The Hall–Kier alpha value is -2.14. The maximum Gasteiger partial charge on any atom is 0.275 e. The van der Waals surface area contributed by atoms with E-state index in [1.807, 2.05) is 38.2 Å². The number of rotatable bonds is 6. The number of quaternary nitrogens is 1. The quantitative estimate of drug-likeness (QED) is 0.681. The number of carbonyl (C=O) groups is 2. The van der Waals surface area contributed by atoms with Gasteiger partial charge >= 0.3 is 0 Å². The van der Waals surface area contributed by atoms with Crippen LogP contribution in [0.4, 0.5) is 0 Å². The van der Waals surface area contributed by atoms with Crippen molar-refractivity contribution in [1.82, 2.24) is 10.3 Å². The molecule has 0 saturated heterocycles. The van der Waals surface area contributed by atoms with E-state index in [9.17, 15) is 9.59 Å². The number of fused-ring (bicyclic) bond motifs is 1. The zero-order valence-electron chi connectivity index (χ0n) is 13.0. The first-order chi connectivity index (χ1) is 10.6. The summed E-state index contributed by atoms with van der Waals surface area (Å²) in [6, 6.07) is 7.87. The number of nitrogens with one attached hydrogen (secondary N) is 3. The number of hydrogen-bond acceptors (Lipinski definition) is 2. The second-order valence-electron chi connectivity index (χ2n) is 6.20. The Kier molecular flexibility index (Phi) is 3.98. The molecule has 3 N–H and O–H groups in total. The average molecular weight is 300 g/mol. The van der Waals surface area contributed by atoms with E-state index in [0.29, 0.717) is 18.2 Å². The number of ketones is 1. The molecule has 1 aliphatic rings. The van der Waals surface area contributed by atoms with Crippen molar-refractivity contribution in [3.05, 3.63) is 36.0 Å². The third-order valence-electron chi connectivity index (χ3n) is 4.37. The van der Waals surface area contributed by atoms with Crippen LogP contribution in [0.1, 0.15) is 30.1 Å². The van der Waals surface area contributed by atoms with E-state index >= 15 is 0 Å². The maximum atomic E-state index is 12.7. The standard InChI is InChI=1S/C17H21N3O2/c1-11(20(2)10-16(21)19-12-7-8-12)17(22)14-9-18-15-6-4-3-5-13(14)15/h3-6,9,11-12,18H,7-8,10H2,1-2H3,(H,19,21)/p+1/t11-/m1/s1. The van der Waals surface area contributed by atoms with Crippen LogP contribution in [0.15, 0.2) is 30.5 Å². The van der Waals surface area contributed by atoms with Gasteiger partial charge in [0.25, 0.3) is 5.91 Å². The normalized spacial score (nSPS) is 17.2. The minimum absolute atomic E-state index is 0.0265. The maximum absolute atomic E-state index is 12.7. The summed E-state index contributed by atoms with van der Waals surface area (Å²) in [4.78, 5) is 28.6. The summed E-state index contributed by atoms with van der Waals surface area (Å²) in [6.45, 7) is 2.20. The molecule has 0 aliphatic heterocycles. The summed E-state index contributed by atoms with van der Waals surface area (Å²) < 4.78 is 0. The molecule has 2 aromatic rings. The number of carbonyl (C=O) groups excluding carboxylic acids is 2. The van der Waals surface area contributed by atoms with Crippen LogP contribution in [-0.2, 0) is 4.79 Å². The number of aromatic nitrogens is 1. The number of benzene rings is 1. The lowest BCUT2D eigenvalue weighted by Gasteiger charge is -2.20. The molecule has 1 amide bonds. The molecule has 1 unspecified atom stereocenters. The molecule has 22 heavy (non-hydrogen) atoms. The molecule has 0 bridgehead atoms. The summed E-state index contributed by atoms with van der Waals surface area (Å²) in [5.74, 6) is 0.0905. The van der Waals surface area contributed by atoms with Crippen LogP contribution in [-0.4, -0.2) is 42.4 Å². The van der Waals surface area contributed by atoms with Crippen molar-refractivity contribution in [2.75, 3.05) is 13.6 Å². The predicted molar refractivity (Wildman–Crippen MR) is 85.0 cm³/mol. The highest BCUT2D eigenvalue weighted by Gasteiger charge is 2.29. The van der Waals surface area contributed by atoms with Crippen molar-refractivity contribution < 1.29 is 14.5 Å². The molecule has 1 aromatic carbocycles. The molecule has 5 nitrogen and oxygen atoms in total. The van der Waals surface area contributed by atoms with Gasteiger partial charge in [0.05, 0.1) is 7.05 Å². The topological polar surface area (TPSA) is 66.4 Å². The van der Waals surface area contributed by atoms with Gasteiger partial charge in [-0.3, -0.25) is 9.59 Å². The number of Topliss-reactive ketones (excluding diaryl/α,β-unsaturated/α-hetero) is 1. The molecule has 1 fully saturated rings. The van der Waals surface area contributed by atoms with Gasteiger partial charge in [0, 0.05) is 28.7 Å². The smallest absolute Gasteiger partial charge is 0.275 e. The number of hydrogen-bond donors (Lipinski definition) is 3. The van der Waals surface area contributed by atoms with Crippen LogP contribution >= 0.6 is 0 Å². The Labute approximate surface area is 129 Å².